The molecule has 13 atom stereocenters. The molecular formula is C50H99NO3Si3. The first-order valence-electron chi connectivity index (χ1n) is 24.8. The van der Waals surface area contributed by atoms with Gasteiger partial charge in [-0.15, -0.1) is 0 Å². The Balaban J connectivity index is 1.39. The average molecular weight is 847 g/mol. The highest BCUT2D eigenvalue weighted by Crippen LogP contribution is 2.78. The van der Waals surface area contributed by atoms with Crippen molar-refractivity contribution in [3.05, 3.63) is 0 Å². The van der Waals surface area contributed by atoms with E-state index in [0.29, 0.717) is 56.2 Å². The monoisotopic (exact) mass is 846 g/mol. The lowest BCUT2D eigenvalue weighted by molar-refractivity contribution is -0.241. The van der Waals surface area contributed by atoms with Gasteiger partial charge in [0.1, 0.15) is 0 Å². The highest BCUT2D eigenvalue weighted by atomic mass is 28.4. The van der Waals surface area contributed by atoms with E-state index in [0.717, 1.165) is 36.0 Å². The molecular weight excluding hydrogens is 747 g/mol. The van der Waals surface area contributed by atoms with Gasteiger partial charge in [-0.25, -0.2) is 0 Å². The van der Waals surface area contributed by atoms with Crippen LogP contribution >= 0.6 is 0 Å². The summed E-state index contributed by atoms with van der Waals surface area (Å²) in [5, 5.41) is 0. The first kappa shape index (κ1) is 48.5. The molecule has 4 nitrogen and oxygen atoms in total. The van der Waals surface area contributed by atoms with Crippen molar-refractivity contribution in [2.24, 2.45) is 68.3 Å². The quantitative estimate of drug-likeness (QED) is 0.157. The number of fused-ring (bicyclic) bond motifs is 7. The fourth-order valence-electron chi connectivity index (χ4n) is 15.1. The Morgan fingerprint density at radius 2 is 1.02 bits per heavy atom. The van der Waals surface area contributed by atoms with Gasteiger partial charge in [0, 0.05) is 6.54 Å². The summed E-state index contributed by atoms with van der Waals surface area (Å²) in [5.74, 6) is 5.00. The van der Waals surface area contributed by atoms with Gasteiger partial charge in [0.2, 0.25) is 0 Å². The highest BCUT2D eigenvalue weighted by molar-refractivity contribution is 6.73. The molecule has 0 heterocycles. The smallest absolute Gasteiger partial charge is 0.189 e. The van der Waals surface area contributed by atoms with Crippen LogP contribution in [0.2, 0.25) is 55.9 Å². The van der Waals surface area contributed by atoms with E-state index in [1.165, 1.54) is 77.0 Å². The largest absolute Gasteiger partial charge is 0.412 e. The van der Waals surface area contributed by atoms with Crippen molar-refractivity contribution < 1.29 is 13.3 Å². The molecule has 0 amide bonds. The van der Waals surface area contributed by atoms with Gasteiger partial charge in [0.05, 0.1) is 18.3 Å². The molecule has 0 aromatic rings. The molecule has 57 heavy (non-hydrogen) atoms. The van der Waals surface area contributed by atoms with Crippen LogP contribution in [0.3, 0.4) is 0 Å². The summed E-state index contributed by atoms with van der Waals surface area (Å²) >= 11 is 0. The molecule has 0 spiro atoms. The molecule has 0 radical (unpaired) electrons. The van der Waals surface area contributed by atoms with Crippen molar-refractivity contribution in [3.8, 4) is 0 Å². The van der Waals surface area contributed by atoms with Crippen molar-refractivity contribution in [2.45, 2.75) is 248 Å². The van der Waals surface area contributed by atoms with Crippen LogP contribution in [-0.2, 0) is 13.3 Å². The van der Waals surface area contributed by atoms with E-state index in [1.807, 2.05) is 0 Å². The summed E-state index contributed by atoms with van der Waals surface area (Å²) in [6, 6.07) is 0. The summed E-state index contributed by atoms with van der Waals surface area (Å²) in [6.07, 6.45) is 18.0. The molecule has 7 heteroatoms. The van der Waals surface area contributed by atoms with Crippen LogP contribution in [-0.4, -0.2) is 49.8 Å². The second-order valence-electron chi connectivity index (χ2n) is 25.8. The molecule has 5 aliphatic carbocycles. The van der Waals surface area contributed by atoms with Gasteiger partial charge >= 0.3 is 0 Å². The second-order valence-corrected chi connectivity index (χ2v) is 39.6. The summed E-state index contributed by atoms with van der Waals surface area (Å²) in [7, 11) is -6.07. The summed E-state index contributed by atoms with van der Waals surface area (Å²) in [5.41, 5.74) is 10.7. The number of hydrogen-bond donors (Lipinski definition) is 1. The van der Waals surface area contributed by atoms with E-state index in [4.69, 9.17) is 19.0 Å². The van der Waals surface area contributed by atoms with Crippen LogP contribution < -0.4 is 5.73 Å². The van der Waals surface area contributed by atoms with E-state index in [9.17, 15) is 0 Å². The third kappa shape index (κ3) is 8.75. The average Bonchev–Trinajstić information content (AvgIpc) is 3.44. The van der Waals surface area contributed by atoms with E-state index >= 15 is 0 Å². The molecule has 0 saturated heterocycles. The normalized spacial score (nSPS) is 39.3. The Kier molecular flexibility index (Phi) is 14.4. The number of hydrogen-bond acceptors (Lipinski definition) is 4. The van der Waals surface area contributed by atoms with E-state index in [1.54, 1.807) is 0 Å². The fraction of sp³-hybridized carbons (Fsp3) is 1.00. The van der Waals surface area contributed by atoms with E-state index < -0.39 is 25.0 Å². The standard InChI is InChI=1S/C50H99NO3Si3/c1-34(2)55(14,15)52-40(45(54-57(18,19)36(5)6)41(33-51)53-56(16,17)35(3)4)22-21-37(7)38-25-30-47(10)39(38)26-31-49(12)43(47)23-24-44-48(11)29-20-28-46(8,9)42(48)27-32-50(44,49)13/h34-45H,20-33,51H2,1-19H3/t37-,38-,39+,40-,41+,42+,43-,44-,45-,47+,48+,49-,50-/m1/s1. The number of nitrogens with two attached hydrogens (primary N) is 1. The predicted octanol–water partition coefficient (Wildman–Crippen LogP) is 14.9. The predicted molar refractivity (Wildman–Crippen MR) is 254 cm³/mol. The summed E-state index contributed by atoms with van der Waals surface area (Å²) < 4.78 is 22.1. The molecule has 5 fully saturated rings. The Morgan fingerprint density at radius 3 is 1.54 bits per heavy atom. The van der Waals surface area contributed by atoms with Crippen LogP contribution in [0.5, 0.6) is 0 Å². The third-order valence-corrected chi connectivity index (χ3v) is 31.9. The second kappa shape index (κ2) is 16.9. The van der Waals surface area contributed by atoms with Crippen molar-refractivity contribution in [1.29, 1.82) is 0 Å². The van der Waals surface area contributed by atoms with E-state index in [2.05, 4.69) is 129 Å². The lowest BCUT2D eigenvalue weighted by atomic mass is 9.32. The van der Waals surface area contributed by atoms with Crippen molar-refractivity contribution in [3.63, 3.8) is 0 Å². The van der Waals surface area contributed by atoms with Crippen LogP contribution in [0.1, 0.15) is 173 Å². The van der Waals surface area contributed by atoms with Crippen LogP contribution in [0.25, 0.3) is 0 Å². The SMILES string of the molecule is CC(C)[Si](C)(C)O[C@@H]([C@H](CN)O[Si](C)(C)C(C)C)[C@@H](CC[C@@H](C)[C@H]1CC[C@]2(C)[C@H]3CC[C@@H]4[C@@]5(C)CCCC(C)(C)[C@@H]5CC[C@@]4(C)[C@]3(C)CC[C@@H]12)O[Si](C)(C)C(C)C. The number of rotatable bonds is 16. The van der Waals surface area contributed by atoms with Crippen molar-refractivity contribution in [1.82, 2.24) is 0 Å². The van der Waals surface area contributed by atoms with Gasteiger partial charge in [0.15, 0.2) is 25.0 Å². The minimum absolute atomic E-state index is 0.00599. The minimum atomic E-state index is -2.05. The zero-order chi connectivity index (χ0) is 42.9. The van der Waals surface area contributed by atoms with Crippen LogP contribution in [0.15, 0.2) is 0 Å². The third-order valence-electron chi connectivity index (χ3n) is 20.9. The highest BCUT2D eigenvalue weighted by Gasteiger charge is 2.70. The summed E-state index contributed by atoms with van der Waals surface area (Å²) in [4.78, 5) is 0. The van der Waals surface area contributed by atoms with Gasteiger partial charge in [-0.2, -0.15) is 0 Å². The molecule has 0 bridgehead atoms. The molecule has 0 aromatic heterocycles. The lowest BCUT2D eigenvalue weighted by Crippen LogP contribution is -2.65. The maximum absolute atomic E-state index is 7.50. The molecule has 334 valence electrons. The maximum atomic E-state index is 7.50. The first-order valence-corrected chi connectivity index (χ1v) is 33.7. The zero-order valence-corrected chi connectivity index (χ0v) is 44.6. The molecule has 5 saturated carbocycles. The van der Waals surface area contributed by atoms with Gasteiger partial charge < -0.3 is 19.0 Å². The Hall–Kier alpha value is 0.491. The Bertz CT molecular complexity index is 1360. The molecule has 5 rings (SSSR count). The lowest BCUT2D eigenvalue weighted by Gasteiger charge is -2.73. The molecule has 0 aromatic carbocycles. The Morgan fingerprint density at radius 1 is 0.526 bits per heavy atom. The van der Waals surface area contributed by atoms with Crippen molar-refractivity contribution >= 4 is 25.0 Å². The molecule has 0 aliphatic heterocycles. The summed E-state index contributed by atoms with van der Waals surface area (Å²) in [6.45, 7) is 48.1. The molecule has 5 aliphatic rings. The van der Waals surface area contributed by atoms with E-state index in [-0.39, 0.29) is 18.3 Å². The molecule has 2 N–H and O–H groups in total. The minimum Gasteiger partial charge on any atom is -0.412 e. The fourth-order valence-corrected chi connectivity index (χ4v) is 19.0. The van der Waals surface area contributed by atoms with Crippen LogP contribution in [0.4, 0.5) is 0 Å². The van der Waals surface area contributed by atoms with Crippen LogP contribution in [0, 0.1) is 62.6 Å². The van der Waals surface area contributed by atoms with Crippen molar-refractivity contribution in [2.75, 3.05) is 6.54 Å². The molecule has 0 unspecified atom stereocenters. The van der Waals surface area contributed by atoms with Gasteiger partial charge in [-0.1, -0.05) is 96.4 Å². The van der Waals surface area contributed by atoms with Gasteiger partial charge in [-0.3, -0.25) is 0 Å². The zero-order valence-electron chi connectivity index (χ0n) is 41.6. The maximum Gasteiger partial charge on any atom is 0.189 e. The topological polar surface area (TPSA) is 53.7 Å². The van der Waals surface area contributed by atoms with Gasteiger partial charge in [0.25, 0.3) is 0 Å². The first-order chi connectivity index (χ1) is 26.0. The van der Waals surface area contributed by atoms with Gasteiger partial charge in [-0.05, 0) is 196 Å². The Labute approximate surface area is 359 Å².